The SMILES string of the molecule is O=C(Cn1nnc2sc(-c3ccccc3)cc2c1=O)NCCc1ccccc1. The second kappa shape index (κ2) is 8.14. The second-order valence-corrected chi connectivity index (χ2v) is 7.36. The molecule has 0 bridgehead atoms. The lowest BCUT2D eigenvalue weighted by Gasteiger charge is -2.06. The van der Waals surface area contributed by atoms with Crippen LogP contribution in [0.5, 0.6) is 0 Å². The van der Waals surface area contributed by atoms with Crippen LogP contribution >= 0.6 is 11.3 Å². The zero-order valence-electron chi connectivity index (χ0n) is 15.0. The van der Waals surface area contributed by atoms with Crippen LogP contribution in [0.25, 0.3) is 20.7 Å². The number of benzene rings is 2. The molecule has 28 heavy (non-hydrogen) atoms. The van der Waals surface area contributed by atoms with E-state index in [4.69, 9.17) is 0 Å². The maximum atomic E-state index is 12.7. The Hall–Kier alpha value is -3.32. The highest BCUT2D eigenvalue weighted by molar-refractivity contribution is 7.21. The van der Waals surface area contributed by atoms with E-state index >= 15 is 0 Å². The standard InChI is InChI=1S/C21H18N4O2S/c26-19(22-12-11-15-7-3-1-4-8-15)14-25-21(27)17-13-18(28-20(17)23-24-25)16-9-5-2-6-10-16/h1-10,13H,11-12,14H2,(H,22,26). The molecule has 6 nitrogen and oxygen atoms in total. The third-order valence-electron chi connectivity index (χ3n) is 4.35. The molecule has 0 saturated carbocycles. The molecule has 0 fully saturated rings. The quantitative estimate of drug-likeness (QED) is 0.549. The van der Waals surface area contributed by atoms with Crippen LogP contribution in [0.1, 0.15) is 5.56 Å². The summed E-state index contributed by atoms with van der Waals surface area (Å²) in [6.45, 7) is 0.358. The van der Waals surface area contributed by atoms with Crippen molar-refractivity contribution in [3.63, 3.8) is 0 Å². The van der Waals surface area contributed by atoms with Crippen LogP contribution in [0.2, 0.25) is 0 Å². The van der Waals surface area contributed by atoms with Crippen molar-refractivity contribution in [1.82, 2.24) is 20.3 Å². The summed E-state index contributed by atoms with van der Waals surface area (Å²) in [5.74, 6) is -0.259. The first-order valence-corrected chi connectivity index (χ1v) is 9.76. The zero-order chi connectivity index (χ0) is 19.3. The summed E-state index contributed by atoms with van der Waals surface area (Å²) in [7, 11) is 0. The zero-order valence-corrected chi connectivity index (χ0v) is 15.9. The smallest absolute Gasteiger partial charge is 0.279 e. The van der Waals surface area contributed by atoms with Gasteiger partial charge in [-0.1, -0.05) is 65.9 Å². The molecule has 0 aliphatic rings. The van der Waals surface area contributed by atoms with Crippen LogP contribution in [0.3, 0.4) is 0 Å². The number of rotatable bonds is 6. The van der Waals surface area contributed by atoms with Crippen LogP contribution in [0, 0.1) is 0 Å². The monoisotopic (exact) mass is 390 g/mol. The molecule has 0 spiro atoms. The van der Waals surface area contributed by atoms with Crippen molar-refractivity contribution in [2.45, 2.75) is 13.0 Å². The largest absolute Gasteiger partial charge is 0.354 e. The number of hydrogen-bond acceptors (Lipinski definition) is 5. The topological polar surface area (TPSA) is 76.9 Å². The normalized spacial score (nSPS) is 10.9. The number of carbonyl (C=O) groups is 1. The number of carbonyl (C=O) groups excluding carboxylic acids is 1. The van der Waals surface area contributed by atoms with E-state index in [0.29, 0.717) is 16.8 Å². The van der Waals surface area contributed by atoms with Gasteiger partial charge < -0.3 is 5.32 Å². The molecule has 4 rings (SSSR count). The minimum atomic E-state index is -0.304. The molecule has 2 aromatic heterocycles. The minimum absolute atomic E-state index is 0.146. The third-order valence-corrected chi connectivity index (χ3v) is 5.42. The predicted molar refractivity (Wildman–Crippen MR) is 110 cm³/mol. The molecule has 0 saturated heterocycles. The highest BCUT2D eigenvalue weighted by atomic mass is 32.1. The van der Waals surface area contributed by atoms with E-state index in [-0.39, 0.29) is 18.0 Å². The van der Waals surface area contributed by atoms with Gasteiger partial charge in [0.05, 0.1) is 5.39 Å². The summed E-state index contributed by atoms with van der Waals surface area (Å²) < 4.78 is 1.11. The molecule has 140 valence electrons. The fourth-order valence-corrected chi connectivity index (χ4v) is 3.89. The summed E-state index contributed by atoms with van der Waals surface area (Å²) in [5.41, 5.74) is 1.87. The fraction of sp³-hybridized carbons (Fsp3) is 0.143. The second-order valence-electron chi connectivity index (χ2n) is 6.33. The highest BCUT2D eigenvalue weighted by Gasteiger charge is 2.13. The van der Waals surface area contributed by atoms with Crippen LogP contribution in [-0.4, -0.2) is 27.4 Å². The Labute approximate surface area is 165 Å². The van der Waals surface area contributed by atoms with Crippen molar-refractivity contribution in [2.75, 3.05) is 6.54 Å². The van der Waals surface area contributed by atoms with E-state index in [1.54, 1.807) is 0 Å². The minimum Gasteiger partial charge on any atom is -0.354 e. The van der Waals surface area contributed by atoms with Gasteiger partial charge in [-0.05, 0) is 23.6 Å². The van der Waals surface area contributed by atoms with Crippen molar-refractivity contribution < 1.29 is 4.79 Å². The Morgan fingerprint density at radius 2 is 1.75 bits per heavy atom. The summed E-state index contributed by atoms with van der Waals surface area (Å²) in [4.78, 5) is 26.4. The first-order valence-electron chi connectivity index (χ1n) is 8.94. The van der Waals surface area contributed by atoms with E-state index in [9.17, 15) is 9.59 Å². The summed E-state index contributed by atoms with van der Waals surface area (Å²) in [6.07, 6.45) is 0.733. The van der Waals surface area contributed by atoms with Gasteiger partial charge in [0, 0.05) is 11.4 Å². The van der Waals surface area contributed by atoms with Gasteiger partial charge in [0.1, 0.15) is 6.54 Å². The number of hydrogen-bond donors (Lipinski definition) is 1. The molecule has 1 N–H and O–H groups in total. The maximum Gasteiger partial charge on any atom is 0.279 e. The lowest BCUT2D eigenvalue weighted by Crippen LogP contribution is -2.34. The van der Waals surface area contributed by atoms with Gasteiger partial charge in [-0.25, -0.2) is 4.68 Å². The average Bonchev–Trinajstić information content (AvgIpc) is 3.17. The molecule has 1 amide bonds. The number of aromatic nitrogens is 3. The molecule has 0 radical (unpaired) electrons. The summed E-state index contributed by atoms with van der Waals surface area (Å²) >= 11 is 1.42. The molecule has 2 aromatic carbocycles. The first-order chi connectivity index (χ1) is 13.7. The van der Waals surface area contributed by atoms with Crippen molar-refractivity contribution in [3.05, 3.63) is 82.6 Å². The lowest BCUT2D eigenvalue weighted by molar-refractivity contribution is -0.121. The van der Waals surface area contributed by atoms with Crippen LogP contribution < -0.4 is 10.9 Å². The van der Waals surface area contributed by atoms with E-state index in [1.165, 1.54) is 11.3 Å². The van der Waals surface area contributed by atoms with Crippen LogP contribution in [-0.2, 0) is 17.8 Å². The average molecular weight is 390 g/mol. The molecule has 0 unspecified atom stereocenters. The van der Waals surface area contributed by atoms with Gasteiger partial charge in [0.2, 0.25) is 5.91 Å². The van der Waals surface area contributed by atoms with Crippen molar-refractivity contribution in [3.8, 4) is 10.4 Å². The van der Waals surface area contributed by atoms with Gasteiger partial charge in [-0.2, -0.15) is 0 Å². The summed E-state index contributed by atoms with van der Waals surface area (Å²) in [5, 5.41) is 11.3. The van der Waals surface area contributed by atoms with E-state index < -0.39 is 0 Å². The van der Waals surface area contributed by atoms with Gasteiger partial charge in [0.15, 0.2) is 4.83 Å². The highest BCUT2D eigenvalue weighted by Crippen LogP contribution is 2.30. The molecular formula is C21H18N4O2S. The number of thiophene rings is 1. The van der Waals surface area contributed by atoms with E-state index in [1.807, 2.05) is 66.7 Å². The Bertz CT molecular complexity index is 1150. The maximum absolute atomic E-state index is 12.7. The van der Waals surface area contributed by atoms with Crippen molar-refractivity contribution in [1.29, 1.82) is 0 Å². The van der Waals surface area contributed by atoms with Gasteiger partial charge >= 0.3 is 0 Å². The fourth-order valence-electron chi connectivity index (χ4n) is 2.91. The lowest BCUT2D eigenvalue weighted by atomic mass is 10.1. The van der Waals surface area contributed by atoms with Gasteiger partial charge in [-0.15, -0.1) is 16.4 Å². The van der Waals surface area contributed by atoms with Crippen LogP contribution in [0.15, 0.2) is 71.5 Å². The van der Waals surface area contributed by atoms with Gasteiger partial charge in [0.25, 0.3) is 5.56 Å². The number of amides is 1. The Morgan fingerprint density at radius 3 is 2.50 bits per heavy atom. The Kier molecular flexibility index (Phi) is 5.25. The predicted octanol–water partition coefficient (Wildman–Crippen LogP) is 2.88. The third kappa shape index (κ3) is 3.99. The number of nitrogens with one attached hydrogen (secondary N) is 1. The molecular weight excluding hydrogens is 372 g/mol. The van der Waals surface area contributed by atoms with Crippen molar-refractivity contribution in [2.24, 2.45) is 0 Å². The number of fused-ring (bicyclic) bond motifs is 1. The first kappa shape index (κ1) is 18.1. The van der Waals surface area contributed by atoms with Crippen molar-refractivity contribution >= 4 is 27.5 Å². The molecule has 4 aromatic rings. The summed E-state index contributed by atoms with van der Waals surface area (Å²) in [6, 6.07) is 21.5. The molecule has 0 atom stereocenters. The molecule has 7 heteroatoms. The number of nitrogens with zero attached hydrogens (tertiary/aromatic N) is 3. The molecule has 0 aliphatic heterocycles. The molecule has 2 heterocycles. The van der Waals surface area contributed by atoms with Gasteiger partial charge in [-0.3, -0.25) is 9.59 Å². The van der Waals surface area contributed by atoms with Crippen LogP contribution in [0.4, 0.5) is 0 Å². The Morgan fingerprint density at radius 1 is 1.04 bits per heavy atom. The van der Waals surface area contributed by atoms with E-state index in [0.717, 1.165) is 27.1 Å². The molecule has 0 aliphatic carbocycles. The Balaban J connectivity index is 1.46. The van der Waals surface area contributed by atoms with E-state index in [2.05, 4.69) is 15.6 Å².